The second-order valence-corrected chi connectivity index (χ2v) is 5.58. The van der Waals surface area contributed by atoms with Gasteiger partial charge in [-0.1, -0.05) is 25.1 Å². The molecule has 1 N–H and O–H groups in total. The minimum absolute atomic E-state index is 0.579. The zero-order valence-electron chi connectivity index (χ0n) is 12.2. The van der Waals surface area contributed by atoms with Gasteiger partial charge in [0.1, 0.15) is 5.75 Å². The molecule has 19 heavy (non-hydrogen) atoms. The van der Waals surface area contributed by atoms with Crippen LogP contribution in [-0.2, 0) is 4.74 Å². The molecule has 1 aliphatic rings. The molecular formula is C16H25NO2. The fraction of sp³-hybridized carbons (Fsp3) is 0.625. The van der Waals surface area contributed by atoms with Crippen molar-refractivity contribution in [3.63, 3.8) is 0 Å². The van der Waals surface area contributed by atoms with E-state index in [0.29, 0.717) is 17.9 Å². The maximum Gasteiger partial charge on any atom is 0.122 e. The monoisotopic (exact) mass is 263 g/mol. The van der Waals surface area contributed by atoms with Crippen molar-refractivity contribution in [1.29, 1.82) is 0 Å². The van der Waals surface area contributed by atoms with Crippen LogP contribution >= 0.6 is 0 Å². The number of nitrogens with one attached hydrogen (secondary N) is 1. The van der Waals surface area contributed by atoms with E-state index in [1.807, 2.05) is 6.07 Å². The number of para-hydroxylation sites is 1. The molecule has 2 rings (SSSR count). The van der Waals surface area contributed by atoms with Gasteiger partial charge in [0.2, 0.25) is 0 Å². The summed E-state index contributed by atoms with van der Waals surface area (Å²) < 4.78 is 10.6. The summed E-state index contributed by atoms with van der Waals surface area (Å²) >= 11 is 0. The average molecular weight is 263 g/mol. The Kier molecular flexibility index (Phi) is 5.23. The summed E-state index contributed by atoms with van der Waals surface area (Å²) in [5.41, 5.74) is 1.35. The summed E-state index contributed by atoms with van der Waals surface area (Å²) in [6, 6.07) is 9.01. The fourth-order valence-electron chi connectivity index (χ4n) is 2.75. The van der Waals surface area contributed by atoms with Crippen LogP contribution in [0.5, 0.6) is 5.75 Å². The summed E-state index contributed by atoms with van der Waals surface area (Å²) in [7, 11) is 3.51. The Bertz CT molecular complexity index is 388. The van der Waals surface area contributed by atoms with Gasteiger partial charge in [-0.3, -0.25) is 0 Å². The van der Waals surface area contributed by atoms with Crippen LogP contribution in [-0.4, -0.2) is 33.4 Å². The van der Waals surface area contributed by atoms with Crippen LogP contribution in [0.4, 0.5) is 0 Å². The summed E-state index contributed by atoms with van der Waals surface area (Å²) in [6.45, 7) is 4.08. The van der Waals surface area contributed by atoms with Crippen LogP contribution < -0.4 is 10.1 Å². The maximum atomic E-state index is 5.43. The minimum Gasteiger partial charge on any atom is -0.496 e. The molecule has 0 saturated heterocycles. The molecule has 0 aromatic heterocycles. The lowest BCUT2D eigenvalue weighted by Gasteiger charge is -2.37. The van der Waals surface area contributed by atoms with Crippen LogP contribution in [0.2, 0.25) is 0 Å². The zero-order chi connectivity index (χ0) is 13.7. The molecule has 106 valence electrons. The zero-order valence-corrected chi connectivity index (χ0v) is 12.2. The van der Waals surface area contributed by atoms with E-state index in [2.05, 4.69) is 30.4 Å². The molecule has 3 nitrogen and oxygen atoms in total. The van der Waals surface area contributed by atoms with Crippen LogP contribution in [0.25, 0.3) is 0 Å². The average Bonchev–Trinajstić information content (AvgIpc) is 2.37. The van der Waals surface area contributed by atoms with Crippen LogP contribution in [0.15, 0.2) is 24.3 Å². The van der Waals surface area contributed by atoms with Crippen LogP contribution in [0, 0.1) is 5.92 Å². The predicted octanol–water partition coefficient (Wildman–Crippen LogP) is 2.81. The van der Waals surface area contributed by atoms with E-state index >= 15 is 0 Å². The molecule has 1 fully saturated rings. The van der Waals surface area contributed by atoms with Gasteiger partial charge < -0.3 is 14.8 Å². The van der Waals surface area contributed by atoms with Gasteiger partial charge in [0.15, 0.2) is 0 Å². The van der Waals surface area contributed by atoms with Gasteiger partial charge in [-0.25, -0.2) is 0 Å². The van der Waals surface area contributed by atoms with E-state index in [0.717, 1.165) is 18.9 Å². The van der Waals surface area contributed by atoms with Gasteiger partial charge >= 0.3 is 0 Å². The van der Waals surface area contributed by atoms with E-state index in [1.165, 1.54) is 18.4 Å². The Morgan fingerprint density at radius 3 is 2.68 bits per heavy atom. The molecule has 0 radical (unpaired) electrons. The summed E-state index contributed by atoms with van der Waals surface area (Å²) in [5.74, 6) is 2.25. The topological polar surface area (TPSA) is 30.5 Å². The third kappa shape index (κ3) is 3.71. The first-order valence-electron chi connectivity index (χ1n) is 7.09. The van der Waals surface area contributed by atoms with Crippen molar-refractivity contribution in [2.45, 2.75) is 31.7 Å². The summed E-state index contributed by atoms with van der Waals surface area (Å²) in [6.07, 6.45) is 2.42. The van der Waals surface area contributed by atoms with Crippen LogP contribution in [0.1, 0.15) is 31.2 Å². The highest BCUT2D eigenvalue weighted by molar-refractivity contribution is 5.37. The molecule has 3 heteroatoms. The first-order chi connectivity index (χ1) is 9.24. The van der Waals surface area contributed by atoms with Crippen molar-refractivity contribution < 1.29 is 9.47 Å². The SMILES string of the molecule is COCC(C)CNC1CC(c2ccccc2OC)C1. The van der Waals surface area contributed by atoms with Crippen molar-refractivity contribution in [2.24, 2.45) is 5.92 Å². The predicted molar refractivity (Wildman–Crippen MR) is 77.8 cm³/mol. The van der Waals surface area contributed by atoms with Gasteiger partial charge in [-0.05, 0) is 36.3 Å². The first kappa shape index (κ1) is 14.4. The van der Waals surface area contributed by atoms with E-state index in [9.17, 15) is 0 Å². The molecule has 1 unspecified atom stereocenters. The van der Waals surface area contributed by atoms with Crippen molar-refractivity contribution >= 4 is 0 Å². The van der Waals surface area contributed by atoms with E-state index in [-0.39, 0.29) is 0 Å². The Morgan fingerprint density at radius 1 is 1.26 bits per heavy atom. The number of benzene rings is 1. The van der Waals surface area contributed by atoms with Crippen molar-refractivity contribution in [3.8, 4) is 5.75 Å². The maximum absolute atomic E-state index is 5.43. The quantitative estimate of drug-likeness (QED) is 0.820. The molecule has 0 amide bonds. The first-order valence-corrected chi connectivity index (χ1v) is 7.09. The smallest absolute Gasteiger partial charge is 0.122 e. The van der Waals surface area contributed by atoms with Gasteiger partial charge in [-0.2, -0.15) is 0 Å². The second kappa shape index (κ2) is 6.92. The highest BCUT2D eigenvalue weighted by Crippen LogP contribution is 2.40. The molecule has 1 aromatic carbocycles. The number of hydrogen-bond donors (Lipinski definition) is 1. The number of hydrogen-bond acceptors (Lipinski definition) is 3. The third-order valence-corrected chi connectivity index (χ3v) is 3.92. The van der Waals surface area contributed by atoms with Gasteiger partial charge in [0.25, 0.3) is 0 Å². The van der Waals surface area contributed by atoms with Crippen molar-refractivity contribution in [3.05, 3.63) is 29.8 Å². The lowest BCUT2D eigenvalue weighted by molar-refractivity contribution is 0.152. The molecule has 1 aromatic rings. The highest BCUT2D eigenvalue weighted by Gasteiger charge is 2.31. The third-order valence-electron chi connectivity index (χ3n) is 3.92. The van der Waals surface area contributed by atoms with E-state index < -0.39 is 0 Å². The molecule has 1 atom stereocenters. The van der Waals surface area contributed by atoms with Crippen LogP contribution in [0.3, 0.4) is 0 Å². The van der Waals surface area contributed by atoms with E-state index in [4.69, 9.17) is 9.47 Å². The molecule has 0 bridgehead atoms. The minimum atomic E-state index is 0.579. The number of rotatable bonds is 7. The molecule has 1 saturated carbocycles. The lowest BCUT2D eigenvalue weighted by Crippen LogP contribution is -2.42. The Hall–Kier alpha value is -1.06. The number of ether oxygens (including phenoxy) is 2. The fourth-order valence-corrected chi connectivity index (χ4v) is 2.75. The molecule has 0 spiro atoms. The largest absolute Gasteiger partial charge is 0.496 e. The van der Waals surface area contributed by atoms with Gasteiger partial charge in [0, 0.05) is 26.3 Å². The Labute approximate surface area is 116 Å². The van der Waals surface area contributed by atoms with E-state index in [1.54, 1.807) is 14.2 Å². The Balaban J connectivity index is 1.77. The van der Waals surface area contributed by atoms with Crippen molar-refractivity contribution in [1.82, 2.24) is 5.32 Å². The normalized spacial score (nSPS) is 23.7. The van der Waals surface area contributed by atoms with Gasteiger partial charge in [0.05, 0.1) is 7.11 Å². The Morgan fingerprint density at radius 2 is 2.00 bits per heavy atom. The molecule has 0 aliphatic heterocycles. The molecular weight excluding hydrogens is 238 g/mol. The van der Waals surface area contributed by atoms with Gasteiger partial charge in [-0.15, -0.1) is 0 Å². The highest BCUT2D eigenvalue weighted by atomic mass is 16.5. The van der Waals surface area contributed by atoms with Crippen molar-refractivity contribution in [2.75, 3.05) is 27.4 Å². The molecule has 0 heterocycles. The summed E-state index contributed by atoms with van der Waals surface area (Å²) in [5, 5.41) is 3.62. The lowest BCUT2D eigenvalue weighted by atomic mass is 9.75. The number of methoxy groups -OCH3 is 2. The molecule has 1 aliphatic carbocycles. The summed E-state index contributed by atoms with van der Waals surface area (Å²) in [4.78, 5) is 0. The second-order valence-electron chi connectivity index (χ2n) is 5.58. The standard InChI is InChI=1S/C16H25NO2/c1-12(11-18-2)10-17-14-8-13(9-14)15-6-4-5-7-16(15)19-3/h4-7,12-14,17H,8-11H2,1-3H3.